The van der Waals surface area contributed by atoms with E-state index in [-0.39, 0.29) is 29.5 Å². The number of benzene rings is 1. The number of nitrogens with two attached hydrogens (primary N) is 1. The number of halogens is 2. The highest BCUT2D eigenvalue weighted by atomic mass is 19.1. The average molecular weight is 333 g/mol. The summed E-state index contributed by atoms with van der Waals surface area (Å²) in [6.07, 6.45) is 0. The Labute approximate surface area is 132 Å². The summed E-state index contributed by atoms with van der Waals surface area (Å²) in [5, 5.41) is 7.37. The van der Waals surface area contributed by atoms with Crippen LogP contribution in [0.3, 0.4) is 0 Å². The molecular formula is C14H9F2N5O3. The number of primary amides is 1. The number of hydrogen-bond donors (Lipinski definition) is 1. The van der Waals surface area contributed by atoms with Gasteiger partial charge in [-0.2, -0.15) is 10.1 Å². The average Bonchev–Trinajstić information content (AvgIpc) is 2.97. The molecule has 0 fully saturated rings. The third-order valence-electron chi connectivity index (χ3n) is 3.04. The molecule has 8 nitrogen and oxygen atoms in total. The molecule has 0 bridgehead atoms. The van der Waals surface area contributed by atoms with E-state index in [1.54, 1.807) is 0 Å². The van der Waals surface area contributed by atoms with Crippen LogP contribution in [0.2, 0.25) is 0 Å². The highest BCUT2D eigenvalue weighted by molar-refractivity contribution is 5.90. The van der Waals surface area contributed by atoms with Gasteiger partial charge in [-0.1, -0.05) is 5.16 Å². The smallest absolute Gasteiger partial charge is 0.269 e. The topological polar surface area (TPSA) is 117 Å². The van der Waals surface area contributed by atoms with Crippen molar-refractivity contribution in [2.24, 2.45) is 5.73 Å². The summed E-state index contributed by atoms with van der Waals surface area (Å²) in [6, 6.07) is 5.19. The molecule has 0 radical (unpaired) electrons. The maximum Gasteiger partial charge on any atom is 0.269 e. The van der Waals surface area contributed by atoms with Crippen molar-refractivity contribution in [3.8, 4) is 11.5 Å². The number of aromatic nitrogens is 4. The van der Waals surface area contributed by atoms with E-state index in [9.17, 15) is 18.4 Å². The maximum absolute atomic E-state index is 13.7. The zero-order valence-electron chi connectivity index (χ0n) is 11.9. The van der Waals surface area contributed by atoms with Gasteiger partial charge in [0.05, 0.1) is 5.56 Å². The van der Waals surface area contributed by atoms with Crippen LogP contribution in [0.25, 0.3) is 11.5 Å². The third-order valence-corrected chi connectivity index (χ3v) is 3.04. The van der Waals surface area contributed by atoms with Gasteiger partial charge >= 0.3 is 0 Å². The lowest BCUT2D eigenvalue weighted by Crippen LogP contribution is -2.27. The summed E-state index contributed by atoms with van der Waals surface area (Å²) in [5.41, 5.74) is 4.39. The number of carbonyl (C=O) groups is 1. The number of carbonyl (C=O) groups excluding carboxylic acids is 1. The molecule has 0 saturated carbocycles. The summed E-state index contributed by atoms with van der Waals surface area (Å²) in [6.45, 7) is -0.216. The van der Waals surface area contributed by atoms with Crippen molar-refractivity contribution in [3.05, 3.63) is 63.8 Å². The SMILES string of the molecule is NC(=O)c1ccc(=O)n(Cc2noc(-c3ccc(F)cc3F)n2)n1. The van der Waals surface area contributed by atoms with Crippen molar-refractivity contribution >= 4 is 5.91 Å². The summed E-state index contributed by atoms with van der Waals surface area (Å²) < 4.78 is 32.4. The fourth-order valence-electron chi connectivity index (χ4n) is 1.92. The first-order chi connectivity index (χ1) is 11.4. The van der Waals surface area contributed by atoms with E-state index in [1.807, 2.05) is 0 Å². The van der Waals surface area contributed by atoms with Gasteiger partial charge in [0.15, 0.2) is 5.82 Å². The van der Waals surface area contributed by atoms with Gasteiger partial charge in [-0.3, -0.25) is 9.59 Å². The molecule has 0 aliphatic heterocycles. The van der Waals surface area contributed by atoms with Gasteiger partial charge in [-0.05, 0) is 18.2 Å². The number of rotatable bonds is 4. The van der Waals surface area contributed by atoms with Crippen molar-refractivity contribution in [1.29, 1.82) is 0 Å². The van der Waals surface area contributed by atoms with Crippen LogP contribution in [0.5, 0.6) is 0 Å². The minimum Gasteiger partial charge on any atom is -0.364 e. The lowest BCUT2D eigenvalue weighted by atomic mass is 10.2. The first kappa shape index (κ1) is 15.5. The molecule has 10 heteroatoms. The van der Waals surface area contributed by atoms with E-state index in [2.05, 4.69) is 15.2 Å². The van der Waals surface area contributed by atoms with Crippen LogP contribution in [0, 0.1) is 11.6 Å². The highest BCUT2D eigenvalue weighted by Gasteiger charge is 2.15. The van der Waals surface area contributed by atoms with Crippen LogP contribution in [0.4, 0.5) is 8.78 Å². The van der Waals surface area contributed by atoms with Crippen molar-refractivity contribution in [2.45, 2.75) is 6.54 Å². The molecule has 0 spiro atoms. The lowest BCUT2D eigenvalue weighted by Gasteiger charge is -2.01. The fraction of sp³-hybridized carbons (Fsp3) is 0.0714. The summed E-state index contributed by atoms with van der Waals surface area (Å²) in [4.78, 5) is 26.7. The second kappa shape index (κ2) is 5.99. The van der Waals surface area contributed by atoms with Crippen LogP contribution >= 0.6 is 0 Å². The molecule has 2 N–H and O–H groups in total. The highest BCUT2D eigenvalue weighted by Crippen LogP contribution is 2.21. The van der Waals surface area contributed by atoms with Crippen molar-refractivity contribution < 1.29 is 18.1 Å². The van der Waals surface area contributed by atoms with E-state index >= 15 is 0 Å². The third kappa shape index (κ3) is 3.02. The standard InChI is InChI=1S/C14H9F2N5O3/c15-7-1-2-8(9(16)5-7)14-18-11(20-24-14)6-21-12(22)4-3-10(19-21)13(17)23/h1-5H,6H2,(H2,17,23). The van der Waals surface area contributed by atoms with E-state index in [4.69, 9.17) is 10.3 Å². The zero-order valence-corrected chi connectivity index (χ0v) is 11.9. The molecule has 3 aromatic rings. The van der Waals surface area contributed by atoms with Gasteiger partial charge in [-0.15, -0.1) is 0 Å². The van der Waals surface area contributed by atoms with E-state index in [1.165, 1.54) is 6.07 Å². The summed E-state index contributed by atoms with van der Waals surface area (Å²) in [5.74, 6) is -2.57. The Morgan fingerprint density at radius 2 is 2.04 bits per heavy atom. The predicted octanol–water partition coefficient (Wildman–Crippen LogP) is 0.719. The molecule has 1 amide bonds. The molecule has 0 aliphatic rings. The van der Waals surface area contributed by atoms with Gasteiger partial charge in [0.2, 0.25) is 0 Å². The van der Waals surface area contributed by atoms with Crippen LogP contribution in [-0.2, 0) is 6.54 Å². The zero-order chi connectivity index (χ0) is 17.3. The monoisotopic (exact) mass is 333 g/mol. The van der Waals surface area contributed by atoms with Gasteiger partial charge in [0.1, 0.15) is 23.9 Å². The normalized spacial score (nSPS) is 10.8. The van der Waals surface area contributed by atoms with Crippen LogP contribution in [0.1, 0.15) is 16.3 Å². The second-order valence-electron chi connectivity index (χ2n) is 4.72. The Morgan fingerprint density at radius 3 is 2.75 bits per heavy atom. The first-order valence-electron chi connectivity index (χ1n) is 6.60. The molecule has 0 aliphatic carbocycles. The van der Waals surface area contributed by atoms with Crippen molar-refractivity contribution in [3.63, 3.8) is 0 Å². The van der Waals surface area contributed by atoms with Crippen molar-refractivity contribution in [2.75, 3.05) is 0 Å². The van der Waals surface area contributed by atoms with Gasteiger partial charge in [0, 0.05) is 12.1 Å². The van der Waals surface area contributed by atoms with Gasteiger partial charge in [0.25, 0.3) is 17.4 Å². The van der Waals surface area contributed by atoms with Gasteiger partial charge in [-0.25, -0.2) is 13.5 Å². The number of hydrogen-bond acceptors (Lipinski definition) is 6. The summed E-state index contributed by atoms with van der Waals surface area (Å²) in [7, 11) is 0. The maximum atomic E-state index is 13.7. The molecule has 0 saturated heterocycles. The molecule has 0 atom stereocenters. The molecule has 24 heavy (non-hydrogen) atoms. The van der Waals surface area contributed by atoms with E-state index < -0.39 is 23.1 Å². The van der Waals surface area contributed by atoms with E-state index in [0.717, 1.165) is 22.9 Å². The largest absolute Gasteiger partial charge is 0.364 e. The quantitative estimate of drug-likeness (QED) is 0.752. The Kier molecular flexibility index (Phi) is 3.86. The predicted molar refractivity (Wildman–Crippen MR) is 75.8 cm³/mol. The molecule has 2 aromatic heterocycles. The fourth-order valence-corrected chi connectivity index (χ4v) is 1.92. The molecular weight excluding hydrogens is 324 g/mol. The molecule has 0 unspecified atom stereocenters. The number of amides is 1. The first-order valence-corrected chi connectivity index (χ1v) is 6.60. The Balaban J connectivity index is 1.91. The van der Waals surface area contributed by atoms with Crippen molar-refractivity contribution in [1.82, 2.24) is 19.9 Å². The molecule has 1 aromatic carbocycles. The Bertz CT molecular complexity index is 983. The van der Waals surface area contributed by atoms with Crippen LogP contribution < -0.4 is 11.3 Å². The molecule has 122 valence electrons. The summed E-state index contributed by atoms with van der Waals surface area (Å²) >= 11 is 0. The minimum absolute atomic E-state index is 0.0185. The van der Waals surface area contributed by atoms with Crippen LogP contribution in [0.15, 0.2) is 39.6 Å². The lowest BCUT2D eigenvalue weighted by molar-refractivity contribution is 0.0993. The second-order valence-corrected chi connectivity index (χ2v) is 4.72. The molecule has 2 heterocycles. The van der Waals surface area contributed by atoms with E-state index in [0.29, 0.717) is 6.07 Å². The van der Waals surface area contributed by atoms with Gasteiger partial charge < -0.3 is 10.3 Å². The molecule has 3 rings (SSSR count). The van der Waals surface area contributed by atoms with Crippen LogP contribution in [-0.4, -0.2) is 25.8 Å². The number of nitrogens with zero attached hydrogens (tertiary/aromatic N) is 4. The Hall–Kier alpha value is -3.43. The minimum atomic E-state index is -0.865. The Morgan fingerprint density at radius 1 is 1.25 bits per heavy atom.